The Labute approximate surface area is 111 Å². The SMILES string of the molecule is Nc1cccc(Cc2n[nH]c(=O)n2C2CCCC2)c1. The standard InChI is InChI=1S/C14H18N4O/c15-11-5-3-4-10(8-11)9-13-16-17-14(19)18(13)12-6-1-2-7-12/h3-5,8,12H,1-2,6-7,9,15H2,(H,17,19). The van der Waals surface area contributed by atoms with Crippen LogP contribution in [0.25, 0.3) is 0 Å². The molecule has 3 N–H and O–H groups in total. The molecule has 1 heterocycles. The van der Waals surface area contributed by atoms with Gasteiger partial charge in [-0.1, -0.05) is 25.0 Å². The number of benzene rings is 1. The minimum atomic E-state index is -0.0918. The molecule has 100 valence electrons. The smallest absolute Gasteiger partial charge is 0.343 e. The fraction of sp³-hybridized carbons (Fsp3) is 0.429. The summed E-state index contributed by atoms with van der Waals surface area (Å²) in [6.07, 6.45) is 5.17. The Kier molecular flexibility index (Phi) is 3.11. The third kappa shape index (κ3) is 2.41. The lowest BCUT2D eigenvalue weighted by molar-refractivity contribution is 0.487. The second-order valence-electron chi connectivity index (χ2n) is 5.18. The summed E-state index contributed by atoms with van der Waals surface area (Å²) in [6, 6.07) is 8.03. The van der Waals surface area contributed by atoms with Gasteiger partial charge in [0.05, 0.1) is 0 Å². The zero-order valence-corrected chi connectivity index (χ0v) is 10.8. The predicted octanol–water partition coefficient (Wildman–Crippen LogP) is 1.86. The first kappa shape index (κ1) is 12.0. The van der Waals surface area contributed by atoms with E-state index in [1.165, 1.54) is 12.8 Å². The van der Waals surface area contributed by atoms with Crippen LogP contribution in [0.5, 0.6) is 0 Å². The Hall–Kier alpha value is -2.04. The summed E-state index contributed by atoms with van der Waals surface area (Å²) in [4.78, 5) is 11.9. The van der Waals surface area contributed by atoms with E-state index in [0.29, 0.717) is 12.5 Å². The molecule has 0 atom stereocenters. The van der Waals surface area contributed by atoms with Gasteiger partial charge in [0.25, 0.3) is 0 Å². The Bertz CT molecular complexity index is 622. The van der Waals surface area contributed by atoms with Gasteiger partial charge in [-0.25, -0.2) is 9.89 Å². The van der Waals surface area contributed by atoms with E-state index in [1.54, 1.807) is 0 Å². The van der Waals surface area contributed by atoms with Crippen molar-refractivity contribution in [1.29, 1.82) is 0 Å². The van der Waals surface area contributed by atoms with Crippen LogP contribution in [0.2, 0.25) is 0 Å². The van der Waals surface area contributed by atoms with E-state index in [-0.39, 0.29) is 5.69 Å². The molecule has 0 bridgehead atoms. The van der Waals surface area contributed by atoms with E-state index in [4.69, 9.17) is 5.73 Å². The van der Waals surface area contributed by atoms with Gasteiger partial charge >= 0.3 is 5.69 Å². The average Bonchev–Trinajstić information content (AvgIpc) is 2.99. The number of nitrogens with zero attached hydrogens (tertiary/aromatic N) is 2. The molecular formula is C14H18N4O. The number of rotatable bonds is 3. The Morgan fingerprint density at radius 2 is 2.16 bits per heavy atom. The maximum atomic E-state index is 11.9. The molecule has 0 amide bonds. The van der Waals surface area contributed by atoms with Gasteiger partial charge in [-0.15, -0.1) is 0 Å². The molecule has 1 aromatic heterocycles. The zero-order valence-electron chi connectivity index (χ0n) is 10.8. The molecule has 0 saturated heterocycles. The Morgan fingerprint density at radius 3 is 2.89 bits per heavy atom. The van der Waals surface area contributed by atoms with Crippen LogP contribution in [-0.4, -0.2) is 14.8 Å². The van der Waals surface area contributed by atoms with Crippen molar-refractivity contribution in [2.24, 2.45) is 0 Å². The highest BCUT2D eigenvalue weighted by Crippen LogP contribution is 2.29. The maximum absolute atomic E-state index is 11.9. The van der Waals surface area contributed by atoms with Crippen LogP contribution in [0.3, 0.4) is 0 Å². The van der Waals surface area contributed by atoms with Crippen molar-refractivity contribution >= 4 is 5.69 Å². The first-order valence-electron chi connectivity index (χ1n) is 6.74. The van der Waals surface area contributed by atoms with Crippen LogP contribution in [0.1, 0.15) is 43.1 Å². The molecule has 1 aromatic carbocycles. The maximum Gasteiger partial charge on any atom is 0.343 e. The Balaban J connectivity index is 1.91. The normalized spacial score (nSPS) is 16.0. The molecule has 1 aliphatic rings. The molecule has 3 rings (SSSR count). The van der Waals surface area contributed by atoms with Gasteiger partial charge in [-0.3, -0.25) is 4.57 Å². The molecule has 0 aliphatic heterocycles. The number of hydrogen-bond acceptors (Lipinski definition) is 3. The lowest BCUT2D eigenvalue weighted by Gasteiger charge is -2.12. The monoisotopic (exact) mass is 258 g/mol. The van der Waals surface area contributed by atoms with Crippen LogP contribution < -0.4 is 11.4 Å². The third-order valence-electron chi connectivity index (χ3n) is 3.78. The summed E-state index contributed by atoms with van der Waals surface area (Å²) in [6.45, 7) is 0. The van der Waals surface area contributed by atoms with Crippen LogP contribution >= 0.6 is 0 Å². The molecule has 1 aliphatic carbocycles. The summed E-state index contributed by atoms with van der Waals surface area (Å²) in [5.74, 6) is 0.808. The predicted molar refractivity (Wildman–Crippen MR) is 74.0 cm³/mol. The largest absolute Gasteiger partial charge is 0.399 e. The fourth-order valence-corrected chi connectivity index (χ4v) is 2.89. The highest BCUT2D eigenvalue weighted by molar-refractivity contribution is 5.41. The minimum absolute atomic E-state index is 0.0918. The molecule has 1 fully saturated rings. The fourth-order valence-electron chi connectivity index (χ4n) is 2.89. The first-order chi connectivity index (χ1) is 9.24. The van der Waals surface area contributed by atoms with Crippen molar-refractivity contribution in [2.45, 2.75) is 38.1 Å². The minimum Gasteiger partial charge on any atom is -0.399 e. The number of aromatic nitrogens is 3. The summed E-state index contributed by atoms with van der Waals surface area (Å²) < 4.78 is 1.83. The van der Waals surface area contributed by atoms with Crippen molar-refractivity contribution in [3.63, 3.8) is 0 Å². The molecule has 0 unspecified atom stereocenters. The molecule has 5 nitrogen and oxygen atoms in total. The lowest BCUT2D eigenvalue weighted by Crippen LogP contribution is -2.22. The summed E-state index contributed by atoms with van der Waals surface area (Å²) in [7, 11) is 0. The highest BCUT2D eigenvalue weighted by atomic mass is 16.1. The van der Waals surface area contributed by atoms with Crippen molar-refractivity contribution < 1.29 is 0 Å². The molecule has 2 aromatic rings. The van der Waals surface area contributed by atoms with E-state index in [0.717, 1.165) is 29.9 Å². The molecular weight excluding hydrogens is 240 g/mol. The Morgan fingerprint density at radius 1 is 1.37 bits per heavy atom. The number of aromatic amines is 1. The lowest BCUT2D eigenvalue weighted by atomic mass is 10.1. The van der Waals surface area contributed by atoms with E-state index in [1.807, 2.05) is 28.8 Å². The van der Waals surface area contributed by atoms with Crippen molar-refractivity contribution in [2.75, 3.05) is 5.73 Å². The van der Waals surface area contributed by atoms with Gasteiger partial charge in [0, 0.05) is 18.2 Å². The first-order valence-corrected chi connectivity index (χ1v) is 6.74. The second-order valence-corrected chi connectivity index (χ2v) is 5.18. The number of nitrogens with one attached hydrogen (secondary N) is 1. The summed E-state index contributed by atoms with van der Waals surface area (Å²) in [5, 5.41) is 6.75. The van der Waals surface area contributed by atoms with Gasteiger partial charge in [-0.2, -0.15) is 5.10 Å². The quantitative estimate of drug-likeness (QED) is 0.825. The molecule has 19 heavy (non-hydrogen) atoms. The molecule has 5 heteroatoms. The van der Waals surface area contributed by atoms with E-state index >= 15 is 0 Å². The van der Waals surface area contributed by atoms with E-state index < -0.39 is 0 Å². The van der Waals surface area contributed by atoms with Crippen LogP contribution in [0, 0.1) is 0 Å². The zero-order chi connectivity index (χ0) is 13.2. The van der Waals surface area contributed by atoms with Crippen molar-refractivity contribution in [3.8, 4) is 0 Å². The van der Waals surface area contributed by atoms with Gasteiger partial charge in [0.2, 0.25) is 0 Å². The number of anilines is 1. The van der Waals surface area contributed by atoms with Gasteiger partial charge in [0.15, 0.2) is 0 Å². The highest BCUT2D eigenvalue weighted by Gasteiger charge is 2.22. The van der Waals surface area contributed by atoms with E-state index in [9.17, 15) is 4.79 Å². The second kappa shape index (κ2) is 4.91. The van der Waals surface area contributed by atoms with Crippen LogP contribution in [0.15, 0.2) is 29.1 Å². The van der Waals surface area contributed by atoms with Crippen LogP contribution in [-0.2, 0) is 6.42 Å². The number of nitrogen functional groups attached to an aromatic ring is 1. The van der Waals surface area contributed by atoms with Crippen molar-refractivity contribution in [3.05, 3.63) is 46.1 Å². The van der Waals surface area contributed by atoms with E-state index in [2.05, 4.69) is 10.2 Å². The summed E-state index contributed by atoms with van der Waals surface area (Å²) >= 11 is 0. The topological polar surface area (TPSA) is 76.7 Å². The number of H-pyrrole nitrogens is 1. The molecule has 0 spiro atoms. The molecule has 1 saturated carbocycles. The number of hydrogen-bond donors (Lipinski definition) is 2. The average molecular weight is 258 g/mol. The van der Waals surface area contributed by atoms with Crippen LogP contribution in [0.4, 0.5) is 5.69 Å². The molecule has 0 radical (unpaired) electrons. The van der Waals surface area contributed by atoms with Crippen molar-refractivity contribution in [1.82, 2.24) is 14.8 Å². The number of nitrogens with two attached hydrogens (primary N) is 1. The summed E-state index contributed by atoms with van der Waals surface area (Å²) in [5.41, 5.74) is 7.51. The van der Waals surface area contributed by atoms with Gasteiger partial charge in [0.1, 0.15) is 5.82 Å². The van der Waals surface area contributed by atoms with Gasteiger partial charge < -0.3 is 5.73 Å². The third-order valence-corrected chi connectivity index (χ3v) is 3.78. The van der Waals surface area contributed by atoms with Gasteiger partial charge in [-0.05, 0) is 30.5 Å².